The van der Waals surface area contributed by atoms with Crippen LogP contribution in [0.2, 0.25) is 0 Å². The molecule has 4 rings (SSSR count). The molecular formula is C21H30N6OS. The molecule has 2 fully saturated rings. The van der Waals surface area contributed by atoms with Gasteiger partial charge < -0.3 is 19.9 Å². The Balaban J connectivity index is 1.30. The summed E-state index contributed by atoms with van der Waals surface area (Å²) in [5.41, 5.74) is 1.27. The Morgan fingerprint density at radius 1 is 1.24 bits per heavy atom. The highest BCUT2D eigenvalue weighted by Crippen LogP contribution is 2.33. The highest BCUT2D eigenvalue weighted by atomic mass is 32.1. The number of nitrogens with one attached hydrogen (secondary N) is 1. The van der Waals surface area contributed by atoms with Crippen LogP contribution in [0.1, 0.15) is 30.8 Å². The molecule has 0 radical (unpaired) electrons. The molecule has 2 saturated heterocycles. The first kappa shape index (κ1) is 20.1. The summed E-state index contributed by atoms with van der Waals surface area (Å²) in [4.78, 5) is 13.8. The van der Waals surface area contributed by atoms with Crippen LogP contribution in [0, 0.1) is 5.92 Å². The summed E-state index contributed by atoms with van der Waals surface area (Å²) in [6.45, 7) is 7.55. The van der Waals surface area contributed by atoms with E-state index < -0.39 is 0 Å². The normalized spacial score (nSPS) is 22.9. The van der Waals surface area contributed by atoms with Gasteiger partial charge in [0.1, 0.15) is 5.82 Å². The van der Waals surface area contributed by atoms with Crippen molar-refractivity contribution in [2.45, 2.75) is 25.9 Å². The Bertz CT molecular complexity index is 803. The third-order valence-corrected chi connectivity index (χ3v) is 6.51. The van der Waals surface area contributed by atoms with Crippen molar-refractivity contribution >= 4 is 22.6 Å². The summed E-state index contributed by atoms with van der Waals surface area (Å²) in [5, 5.41) is 4.64. The Kier molecular flexibility index (Phi) is 6.61. The molecule has 1 N–H and O–H groups in total. The van der Waals surface area contributed by atoms with E-state index in [0.717, 1.165) is 69.1 Å². The molecule has 156 valence electrons. The molecule has 29 heavy (non-hydrogen) atoms. The van der Waals surface area contributed by atoms with Gasteiger partial charge in [-0.05, 0) is 12.0 Å². The van der Waals surface area contributed by atoms with Gasteiger partial charge in [0.2, 0.25) is 5.13 Å². The van der Waals surface area contributed by atoms with Crippen molar-refractivity contribution in [3.05, 3.63) is 41.7 Å². The third-order valence-electron chi connectivity index (χ3n) is 5.70. The van der Waals surface area contributed by atoms with E-state index in [2.05, 4.69) is 66.7 Å². The van der Waals surface area contributed by atoms with E-state index in [1.165, 1.54) is 17.1 Å². The fourth-order valence-corrected chi connectivity index (χ4v) is 4.84. The second-order valence-electron chi connectivity index (χ2n) is 7.50. The minimum atomic E-state index is 0.170. The van der Waals surface area contributed by atoms with Gasteiger partial charge in [0.15, 0.2) is 5.96 Å². The SMILES string of the molecule is CCc1nsc(N2CCN(C(=NC)NCC3CCOC3c3ccccc3)CC2)n1. The Hall–Kier alpha value is -2.19. The quantitative estimate of drug-likeness (QED) is 0.599. The van der Waals surface area contributed by atoms with Crippen molar-refractivity contribution in [3.8, 4) is 0 Å². The summed E-state index contributed by atoms with van der Waals surface area (Å²) in [5.74, 6) is 2.39. The molecule has 0 amide bonds. The van der Waals surface area contributed by atoms with Gasteiger partial charge in [0, 0.05) is 70.2 Å². The van der Waals surface area contributed by atoms with Gasteiger partial charge in [0.25, 0.3) is 0 Å². The predicted molar refractivity (Wildman–Crippen MR) is 118 cm³/mol. The van der Waals surface area contributed by atoms with E-state index in [1.54, 1.807) is 0 Å². The number of aliphatic imine (C=N–C) groups is 1. The maximum absolute atomic E-state index is 6.03. The Morgan fingerprint density at radius 2 is 2.03 bits per heavy atom. The summed E-state index contributed by atoms with van der Waals surface area (Å²) >= 11 is 1.51. The first-order chi connectivity index (χ1) is 14.3. The molecule has 2 atom stereocenters. The maximum atomic E-state index is 6.03. The lowest BCUT2D eigenvalue weighted by atomic mass is 9.95. The van der Waals surface area contributed by atoms with E-state index in [9.17, 15) is 0 Å². The second-order valence-corrected chi connectivity index (χ2v) is 8.23. The van der Waals surface area contributed by atoms with E-state index in [0.29, 0.717) is 5.92 Å². The van der Waals surface area contributed by atoms with Crippen LogP contribution >= 0.6 is 11.5 Å². The van der Waals surface area contributed by atoms with Crippen LogP contribution < -0.4 is 10.2 Å². The van der Waals surface area contributed by atoms with Gasteiger partial charge in [-0.2, -0.15) is 4.37 Å². The molecule has 0 saturated carbocycles. The number of nitrogens with zero attached hydrogens (tertiary/aromatic N) is 5. The molecule has 2 aromatic rings. The average Bonchev–Trinajstić information content (AvgIpc) is 3.45. The summed E-state index contributed by atoms with van der Waals surface area (Å²) in [6, 6.07) is 10.5. The van der Waals surface area contributed by atoms with Crippen LogP contribution in [0.25, 0.3) is 0 Å². The minimum Gasteiger partial charge on any atom is -0.373 e. The standard InChI is InChI=1S/C21H30N6OS/c1-3-18-24-21(29-25-18)27-12-10-26(11-13-27)20(22-2)23-15-17-9-14-28-19(17)16-7-5-4-6-8-16/h4-8,17,19H,3,9-15H2,1-2H3,(H,22,23). The monoisotopic (exact) mass is 414 g/mol. The van der Waals surface area contributed by atoms with Crippen molar-refractivity contribution in [2.24, 2.45) is 10.9 Å². The first-order valence-electron chi connectivity index (χ1n) is 10.5. The van der Waals surface area contributed by atoms with Crippen molar-refractivity contribution in [1.29, 1.82) is 0 Å². The summed E-state index contributed by atoms with van der Waals surface area (Å²) in [7, 11) is 1.87. The van der Waals surface area contributed by atoms with Gasteiger partial charge in [-0.15, -0.1) is 0 Å². The summed E-state index contributed by atoms with van der Waals surface area (Å²) in [6.07, 6.45) is 2.14. The van der Waals surface area contributed by atoms with E-state index in [4.69, 9.17) is 4.74 Å². The third kappa shape index (κ3) is 4.70. The number of benzene rings is 1. The van der Waals surface area contributed by atoms with Crippen LogP contribution in [0.15, 0.2) is 35.3 Å². The van der Waals surface area contributed by atoms with Gasteiger partial charge in [-0.25, -0.2) is 4.98 Å². The zero-order chi connectivity index (χ0) is 20.1. The molecule has 2 unspecified atom stereocenters. The van der Waals surface area contributed by atoms with Gasteiger partial charge in [0.05, 0.1) is 6.10 Å². The van der Waals surface area contributed by atoms with Crippen molar-refractivity contribution in [2.75, 3.05) is 51.3 Å². The Labute approximate surface area is 177 Å². The number of aryl methyl sites for hydroxylation is 1. The zero-order valence-electron chi connectivity index (χ0n) is 17.3. The van der Waals surface area contributed by atoms with Gasteiger partial charge in [-0.3, -0.25) is 4.99 Å². The van der Waals surface area contributed by atoms with Crippen LogP contribution in [0.5, 0.6) is 0 Å². The Morgan fingerprint density at radius 3 is 2.72 bits per heavy atom. The summed E-state index contributed by atoms with van der Waals surface area (Å²) < 4.78 is 10.4. The maximum Gasteiger partial charge on any atom is 0.205 e. The highest BCUT2D eigenvalue weighted by molar-refractivity contribution is 7.09. The van der Waals surface area contributed by atoms with Crippen molar-refractivity contribution < 1.29 is 4.74 Å². The smallest absolute Gasteiger partial charge is 0.205 e. The van der Waals surface area contributed by atoms with Gasteiger partial charge in [-0.1, -0.05) is 37.3 Å². The molecule has 0 bridgehead atoms. The molecule has 0 spiro atoms. The van der Waals surface area contributed by atoms with Crippen molar-refractivity contribution in [1.82, 2.24) is 19.6 Å². The molecule has 2 aliphatic rings. The number of hydrogen-bond acceptors (Lipinski definition) is 6. The molecule has 7 nitrogen and oxygen atoms in total. The lowest BCUT2D eigenvalue weighted by molar-refractivity contribution is 0.0913. The predicted octanol–water partition coefficient (Wildman–Crippen LogP) is 2.58. The number of anilines is 1. The molecule has 3 heterocycles. The number of aromatic nitrogens is 2. The molecule has 1 aromatic heterocycles. The zero-order valence-corrected chi connectivity index (χ0v) is 18.1. The second kappa shape index (κ2) is 9.54. The molecule has 8 heteroatoms. The van der Waals surface area contributed by atoms with Crippen LogP contribution in [-0.4, -0.2) is 66.6 Å². The van der Waals surface area contributed by atoms with Crippen molar-refractivity contribution in [3.63, 3.8) is 0 Å². The fraction of sp³-hybridized carbons (Fsp3) is 0.571. The number of ether oxygens (including phenoxy) is 1. The molecule has 0 aliphatic carbocycles. The molecule has 1 aromatic carbocycles. The lowest BCUT2D eigenvalue weighted by Gasteiger charge is -2.36. The van der Waals surface area contributed by atoms with Crippen LogP contribution in [0.4, 0.5) is 5.13 Å². The van der Waals surface area contributed by atoms with E-state index in [1.807, 2.05) is 7.05 Å². The molecular weight excluding hydrogens is 384 g/mol. The van der Waals surface area contributed by atoms with E-state index >= 15 is 0 Å². The average molecular weight is 415 g/mol. The molecule has 2 aliphatic heterocycles. The first-order valence-corrected chi connectivity index (χ1v) is 11.3. The number of guanidine groups is 1. The van der Waals surface area contributed by atoms with E-state index in [-0.39, 0.29) is 6.10 Å². The van der Waals surface area contributed by atoms with Crippen LogP contribution in [-0.2, 0) is 11.2 Å². The number of piperazine rings is 1. The lowest BCUT2D eigenvalue weighted by Crippen LogP contribution is -2.53. The van der Waals surface area contributed by atoms with Gasteiger partial charge >= 0.3 is 0 Å². The van der Waals surface area contributed by atoms with Crippen LogP contribution in [0.3, 0.4) is 0 Å². The largest absolute Gasteiger partial charge is 0.373 e. The number of rotatable bonds is 5. The topological polar surface area (TPSA) is 65.9 Å². The highest BCUT2D eigenvalue weighted by Gasteiger charge is 2.30. The minimum absolute atomic E-state index is 0.170. The number of hydrogen-bond donors (Lipinski definition) is 1. The fourth-order valence-electron chi connectivity index (χ4n) is 4.04.